The lowest BCUT2D eigenvalue weighted by molar-refractivity contribution is -0.291. The van der Waals surface area contributed by atoms with E-state index in [1.54, 1.807) is 28.7 Å². The van der Waals surface area contributed by atoms with Crippen molar-refractivity contribution in [2.45, 2.75) is 6.36 Å². The fraction of sp³-hybridized carbons (Fsp3) is 0.125. The van der Waals surface area contributed by atoms with E-state index in [0.29, 0.717) is 3.57 Å². The van der Waals surface area contributed by atoms with E-state index in [1.807, 2.05) is 0 Å². The van der Waals surface area contributed by atoms with Gasteiger partial charge in [-0.2, -0.15) is 0 Å². The second-order valence-corrected chi connectivity index (χ2v) is 3.48. The molecule has 0 fully saturated rings. The van der Waals surface area contributed by atoms with Crippen LogP contribution in [0.15, 0.2) is 24.3 Å². The summed E-state index contributed by atoms with van der Waals surface area (Å²) in [6, 6.07) is 5.88. The molecule has 0 amide bonds. The fourth-order valence-electron chi connectivity index (χ4n) is 0.787. The van der Waals surface area contributed by atoms with E-state index in [9.17, 15) is 18.0 Å². The van der Waals surface area contributed by atoms with Gasteiger partial charge >= 0.3 is 12.3 Å². The van der Waals surface area contributed by atoms with E-state index in [2.05, 4.69) is 4.74 Å². The lowest BCUT2D eigenvalue weighted by Crippen LogP contribution is -2.20. The molecular weight excluding hydrogens is 312 g/mol. The van der Waals surface area contributed by atoms with Gasteiger partial charge in [0.05, 0.1) is 5.56 Å². The Labute approximate surface area is 91.2 Å². The Morgan fingerprint density at radius 1 is 1.29 bits per heavy atom. The molecule has 0 aromatic heterocycles. The predicted octanol–water partition coefficient (Wildman–Crippen LogP) is 2.97. The van der Waals surface area contributed by atoms with Crippen molar-refractivity contribution in [3.63, 3.8) is 0 Å². The first-order chi connectivity index (χ1) is 6.40. The number of rotatable bonds is 1. The highest BCUT2D eigenvalue weighted by atomic mass is 127. The number of carbonyl (C=O) groups excluding carboxylic acids is 1. The van der Waals surface area contributed by atoms with Gasteiger partial charge in [-0.1, -0.05) is 12.1 Å². The molecule has 0 unspecified atom stereocenters. The largest absolute Gasteiger partial charge is 0.575 e. The van der Waals surface area contributed by atoms with Crippen molar-refractivity contribution in [1.82, 2.24) is 0 Å². The molecule has 6 heteroatoms. The normalized spacial score (nSPS) is 11.1. The lowest BCUT2D eigenvalue weighted by atomic mass is 10.2. The van der Waals surface area contributed by atoms with Crippen LogP contribution in [0.5, 0.6) is 0 Å². The van der Waals surface area contributed by atoms with Crippen LogP contribution in [0.3, 0.4) is 0 Å². The van der Waals surface area contributed by atoms with Gasteiger partial charge < -0.3 is 4.74 Å². The smallest absolute Gasteiger partial charge is 0.369 e. The second-order valence-electron chi connectivity index (χ2n) is 2.32. The number of benzene rings is 1. The molecule has 0 radical (unpaired) electrons. The molecule has 1 rings (SSSR count). The Hall–Kier alpha value is -0.790. The summed E-state index contributed by atoms with van der Waals surface area (Å²) >= 11 is 1.76. The van der Waals surface area contributed by atoms with Crippen molar-refractivity contribution >= 4 is 28.6 Å². The molecule has 0 aliphatic heterocycles. The Morgan fingerprint density at radius 2 is 1.86 bits per heavy atom. The standard InChI is InChI=1S/C8H4F3IO2/c9-8(10,11)14-7(13)5-3-1-2-4-6(5)12/h1-4H. The van der Waals surface area contributed by atoms with Crippen molar-refractivity contribution in [2.24, 2.45) is 0 Å². The van der Waals surface area contributed by atoms with E-state index in [-0.39, 0.29) is 5.56 Å². The zero-order chi connectivity index (χ0) is 10.8. The number of alkyl halides is 3. The van der Waals surface area contributed by atoms with Gasteiger partial charge in [0.25, 0.3) is 0 Å². The molecule has 76 valence electrons. The van der Waals surface area contributed by atoms with E-state index in [1.165, 1.54) is 18.2 Å². The maximum atomic E-state index is 11.7. The SMILES string of the molecule is O=C(OC(F)(F)F)c1ccccc1I. The van der Waals surface area contributed by atoms with Gasteiger partial charge in [-0.25, -0.2) is 4.79 Å². The van der Waals surface area contributed by atoms with Crippen LogP contribution in [0.4, 0.5) is 13.2 Å². The van der Waals surface area contributed by atoms with Crippen molar-refractivity contribution in [2.75, 3.05) is 0 Å². The third-order valence-electron chi connectivity index (χ3n) is 1.30. The van der Waals surface area contributed by atoms with Gasteiger partial charge in [-0.15, -0.1) is 13.2 Å². The van der Waals surface area contributed by atoms with Crippen LogP contribution in [-0.2, 0) is 4.74 Å². The number of carbonyl (C=O) groups is 1. The molecule has 0 atom stereocenters. The molecule has 0 aliphatic rings. The molecular formula is C8H4F3IO2. The van der Waals surface area contributed by atoms with Crippen LogP contribution in [0.25, 0.3) is 0 Å². The fourth-order valence-corrected chi connectivity index (χ4v) is 1.39. The van der Waals surface area contributed by atoms with Gasteiger partial charge in [-0.3, -0.25) is 0 Å². The number of ether oxygens (including phenoxy) is 1. The van der Waals surface area contributed by atoms with Crippen molar-refractivity contribution in [1.29, 1.82) is 0 Å². The van der Waals surface area contributed by atoms with Crippen LogP contribution < -0.4 is 0 Å². The Kier molecular flexibility index (Phi) is 3.35. The summed E-state index contributed by atoms with van der Waals surface area (Å²) in [5.41, 5.74) is -0.0922. The van der Waals surface area contributed by atoms with Crippen LogP contribution in [-0.4, -0.2) is 12.3 Å². The van der Waals surface area contributed by atoms with Crippen molar-refractivity contribution in [3.05, 3.63) is 33.4 Å². The van der Waals surface area contributed by atoms with E-state index in [0.717, 1.165) is 0 Å². The van der Waals surface area contributed by atoms with Crippen LogP contribution in [0, 0.1) is 3.57 Å². The zero-order valence-electron chi connectivity index (χ0n) is 6.64. The molecule has 1 aromatic rings. The van der Waals surface area contributed by atoms with Crippen LogP contribution >= 0.6 is 22.6 Å². The van der Waals surface area contributed by atoms with E-state index < -0.39 is 12.3 Å². The first kappa shape index (κ1) is 11.3. The summed E-state index contributed by atoms with van der Waals surface area (Å²) in [5, 5.41) is 0. The Bertz CT molecular complexity index is 349. The summed E-state index contributed by atoms with van der Waals surface area (Å²) in [6.07, 6.45) is -4.93. The molecule has 0 heterocycles. The highest BCUT2D eigenvalue weighted by molar-refractivity contribution is 14.1. The average Bonchev–Trinajstić information content (AvgIpc) is 2.01. The summed E-state index contributed by atoms with van der Waals surface area (Å²) in [7, 11) is 0. The highest BCUT2D eigenvalue weighted by Gasteiger charge is 2.34. The molecule has 0 spiro atoms. The third-order valence-corrected chi connectivity index (χ3v) is 2.24. The molecule has 2 nitrogen and oxygen atoms in total. The Balaban J connectivity index is 2.86. The average molecular weight is 316 g/mol. The van der Waals surface area contributed by atoms with Crippen LogP contribution in [0.2, 0.25) is 0 Å². The van der Waals surface area contributed by atoms with E-state index >= 15 is 0 Å². The molecule has 1 aromatic carbocycles. The Morgan fingerprint density at radius 3 is 2.36 bits per heavy atom. The molecule has 0 N–H and O–H groups in total. The summed E-state index contributed by atoms with van der Waals surface area (Å²) in [6.45, 7) is 0. The monoisotopic (exact) mass is 316 g/mol. The minimum Gasteiger partial charge on any atom is -0.369 e. The first-order valence-electron chi connectivity index (χ1n) is 3.45. The van der Waals surface area contributed by atoms with Crippen molar-refractivity contribution in [3.8, 4) is 0 Å². The number of hydrogen-bond donors (Lipinski definition) is 0. The number of halogens is 4. The minimum absolute atomic E-state index is 0.0922. The number of hydrogen-bond acceptors (Lipinski definition) is 2. The van der Waals surface area contributed by atoms with Gasteiger partial charge in [0.15, 0.2) is 0 Å². The second kappa shape index (κ2) is 4.16. The molecule has 14 heavy (non-hydrogen) atoms. The lowest BCUT2D eigenvalue weighted by Gasteiger charge is -2.07. The van der Waals surface area contributed by atoms with Gasteiger partial charge in [-0.05, 0) is 34.7 Å². The maximum Gasteiger partial charge on any atom is 0.575 e. The minimum atomic E-state index is -4.93. The van der Waals surface area contributed by atoms with Gasteiger partial charge in [0.2, 0.25) is 0 Å². The topological polar surface area (TPSA) is 26.3 Å². The quantitative estimate of drug-likeness (QED) is 0.588. The van der Waals surface area contributed by atoms with Crippen LogP contribution in [0.1, 0.15) is 10.4 Å². The van der Waals surface area contributed by atoms with Crippen molar-refractivity contribution < 1.29 is 22.7 Å². The third kappa shape index (κ3) is 3.17. The molecule has 0 bridgehead atoms. The summed E-state index contributed by atoms with van der Waals surface area (Å²) < 4.78 is 38.7. The zero-order valence-corrected chi connectivity index (χ0v) is 8.80. The number of esters is 1. The van der Waals surface area contributed by atoms with Gasteiger partial charge in [0, 0.05) is 3.57 Å². The molecule has 0 aliphatic carbocycles. The summed E-state index contributed by atoms with van der Waals surface area (Å²) in [5.74, 6) is -1.39. The predicted molar refractivity (Wildman–Crippen MR) is 50.6 cm³/mol. The molecule has 0 saturated heterocycles. The molecule has 0 saturated carbocycles. The van der Waals surface area contributed by atoms with Gasteiger partial charge in [0.1, 0.15) is 0 Å². The first-order valence-corrected chi connectivity index (χ1v) is 4.52. The van der Waals surface area contributed by atoms with E-state index in [4.69, 9.17) is 0 Å². The maximum absolute atomic E-state index is 11.7. The highest BCUT2D eigenvalue weighted by Crippen LogP contribution is 2.20. The summed E-state index contributed by atoms with van der Waals surface area (Å²) in [4.78, 5) is 10.9.